The Morgan fingerprint density at radius 3 is 1.41 bits per heavy atom. The van der Waals surface area contributed by atoms with Crippen LogP contribution in [0.5, 0.6) is 40.2 Å². The molecule has 0 radical (unpaired) electrons. The fourth-order valence-electron chi connectivity index (χ4n) is 6.61. The Balaban J connectivity index is 0.000000527. The lowest BCUT2D eigenvalue weighted by molar-refractivity contribution is -0.144. The molecule has 4 rings (SSSR count). The van der Waals surface area contributed by atoms with Crippen LogP contribution in [-0.2, 0) is 28.5 Å². The number of ether oxygens (including phenoxy) is 11. The van der Waals surface area contributed by atoms with Gasteiger partial charge in [-0.3, -0.25) is 9.59 Å². The second-order valence-electron chi connectivity index (χ2n) is 20.9. The molecule has 0 aromatic heterocycles. The number of methoxy groups -OCH3 is 2. The van der Waals surface area contributed by atoms with E-state index in [0.29, 0.717) is 54.7 Å². The molecular weight excluding hydrogens is 1010 g/mol. The molecule has 0 spiro atoms. The lowest BCUT2D eigenvalue weighted by Gasteiger charge is -2.22. The number of amides is 1. The van der Waals surface area contributed by atoms with Crippen molar-refractivity contribution in [1.29, 1.82) is 0 Å². The van der Waals surface area contributed by atoms with Crippen molar-refractivity contribution >= 4 is 23.7 Å². The van der Waals surface area contributed by atoms with E-state index in [-0.39, 0.29) is 42.6 Å². The van der Waals surface area contributed by atoms with Crippen molar-refractivity contribution in [3.05, 3.63) is 96.1 Å². The van der Waals surface area contributed by atoms with Gasteiger partial charge >= 0.3 is 12.1 Å². The van der Waals surface area contributed by atoms with E-state index in [9.17, 15) is 14.4 Å². The summed E-state index contributed by atoms with van der Waals surface area (Å²) in [4.78, 5) is 35.4. The zero-order valence-electron chi connectivity index (χ0n) is 51.8. The average molecular weight is 1110 g/mol. The highest BCUT2D eigenvalue weighted by Crippen LogP contribution is 2.34. The Hall–Kier alpha value is -6.03. The highest BCUT2D eigenvalue weighted by molar-refractivity contribution is 5.92. The maximum atomic E-state index is 11.9. The molecule has 0 fully saturated rings. The molecular formula is C64H99NO14. The zero-order valence-corrected chi connectivity index (χ0v) is 51.8. The first kappa shape index (κ1) is 71.0. The van der Waals surface area contributed by atoms with E-state index in [1.54, 1.807) is 65.3 Å². The third kappa shape index (κ3) is 27.6. The van der Waals surface area contributed by atoms with Crippen LogP contribution in [0.1, 0.15) is 180 Å². The third-order valence-corrected chi connectivity index (χ3v) is 12.5. The van der Waals surface area contributed by atoms with E-state index in [0.717, 1.165) is 54.2 Å². The van der Waals surface area contributed by atoms with Gasteiger partial charge in [-0.05, 0) is 191 Å². The van der Waals surface area contributed by atoms with Gasteiger partial charge in [0, 0.05) is 37.3 Å². The van der Waals surface area contributed by atoms with Gasteiger partial charge in [-0.25, -0.2) is 4.79 Å². The zero-order chi connectivity index (χ0) is 59.9. The lowest BCUT2D eigenvalue weighted by atomic mass is 9.91. The van der Waals surface area contributed by atoms with Gasteiger partial charge in [0.05, 0.1) is 19.6 Å². The first-order valence-electron chi connectivity index (χ1n) is 28.1. The molecule has 15 nitrogen and oxygen atoms in total. The molecule has 0 saturated carbocycles. The van der Waals surface area contributed by atoms with Crippen molar-refractivity contribution in [1.82, 2.24) is 0 Å². The largest absolute Gasteiger partial charge is 0.514 e. The normalized spacial score (nSPS) is 13.3. The molecule has 0 heterocycles. The SMILES string of the molecule is CCC(C)c1ccc(OC(=O)OC(C)(C)C)c(OC)c1.CCOC(C)Oc1ccc(C(C)CC)cc1OC.CCOC(C)Oc1ccc(OC(=O)C(C)(C)CC)cc1.CCOC(Oc1ccc(NC(=O)C(C)CC)cc1)C(C)C. The van der Waals surface area contributed by atoms with Gasteiger partial charge in [-0.1, -0.05) is 74.4 Å². The van der Waals surface area contributed by atoms with Gasteiger partial charge in [0.1, 0.15) is 22.8 Å². The van der Waals surface area contributed by atoms with Gasteiger partial charge in [0.2, 0.25) is 12.2 Å². The Morgan fingerprint density at radius 1 is 0.506 bits per heavy atom. The van der Waals surface area contributed by atoms with Gasteiger partial charge in [-0.15, -0.1) is 0 Å². The summed E-state index contributed by atoms with van der Waals surface area (Å²) in [6.45, 7) is 39.1. The van der Waals surface area contributed by atoms with Crippen LogP contribution in [-0.4, -0.2) is 76.5 Å². The molecule has 1 N–H and O–H groups in total. The number of rotatable bonds is 26. The highest BCUT2D eigenvalue weighted by Gasteiger charge is 2.28. The quantitative estimate of drug-likeness (QED) is 0.0273. The van der Waals surface area contributed by atoms with Crippen LogP contribution in [0.25, 0.3) is 0 Å². The first-order chi connectivity index (χ1) is 37.2. The van der Waals surface area contributed by atoms with Crippen molar-refractivity contribution in [2.75, 3.05) is 39.4 Å². The van der Waals surface area contributed by atoms with Crippen LogP contribution in [0.4, 0.5) is 10.5 Å². The van der Waals surface area contributed by atoms with Crippen LogP contribution in [0.15, 0.2) is 84.9 Å². The maximum absolute atomic E-state index is 11.9. The molecule has 0 aliphatic carbocycles. The Kier molecular flexibility index (Phi) is 33.3. The monoisotopic (exact) mass is 1110 g/mol. The van der Waals surface area contributed by atoms with Crippen LogP contribution >= 0.6 is 0 Å². The number of nitrogens with one attached hydrogen (secondary N) is 1. The number of carbonyl (C=O) groups is 3. The molecule has 6 atom stereocenters. The van der Waals surface area contributed by atoms with Crippen LogP contribution in [0.3, 0.4) is 0 Å². The van der Waals surface area contributed by atoms with Gasteiger partial charge in [-0.2, -0.15) is 0 Å². The molecule has 0 bridgehead atoms. The highest BCUT2D eigenvalue weighted by atomic mass is 16.7. The van der Waals surface area contributed by atoms with Crippen molar-refractivity contribution < 1.29 is 66.5 Å². The lowest BCUT2D eigenvalue weighted by Crippen LogP contribution is -2.28. The van der Waals surface area contributed by atoms with Crippen molar-refractivity contribution in [2.24, 2.45) is 17.3 Å². The third-order valence-electron chi connectivity index (χ3n) is 12.5. The minimum absolute atomic E-state index is 0.0178. The van der Waals surface area contributed by atoms with Crippen molar-refractivity contribution in [3.63, 3.8) is 0 Å². The molecule has 1 amide bonds. The molecule has 15 heteroatoms. The molecule has 0 aliphatic rings. The van der Waals surface area contributed by atoms with E-state index in [1.807, 2.05) is 118 Å². The fraction of sp³-hybridized carbons (Fsp3) is 0.578. The topological polar surface area (TPSA) is 165 Å². The van der Waals surface area contributed by atoms with Gasteiger partial charge in [0.15, 0.2) is 35.6 Å². The minimum atomic E-state index is -0.730. The maximum Gasteiger partial charge on any atom is 0.514 e. The van der Waals surface area contributed by atoms with Gasteiger partial charge < -0.3 is 57.4 Å². The number of esters is 1. The summed E-state index contributed by atoms with van der Waals surface area (Å²) in [7, 11) is 3.21. The molecule has 4 aromatic rings. The van der Waals surface area contributed by atoms with E-state index in [4.69, 9.17) is 52.1 Å². The minimum Gasteiger partial charge on any atom is -0.493 e. The Morgan fingerprint density at radius 2 is 0.962 bits per heavy atom. The van der Waals surface area contributed by atoms with Crippen molar-refractivity contribution in [3.8, 4) is 40.2 Å². The summed E-state index contributed by atoms with van der Waals surface area (Å²) in [6.07, 6.45) is 2.17. The predicted octanol–water partition coefficient (Wildman–Crippen LogP) is 16.4. The van der Waals surface area contributed by atoms with Crippen LogP contribution < -0.4 is 38.5 Å². The summed E-state index contributed by atoms with van der Waals surface area (Å²) < 4.78 is 59.6. The van der Waals surface area contributed by atoms with Crippen LogP contribution in [0, 0.1) is 17.3 Å². The molecule has 444 valence electrons. The number of anilines is 1. The number of benzene rings is 4. The molecule has 0 saturated heterocycles. The number of carbonyl (C=O) groups excluding carboxylic acids is 3. The van der Waals surface area contributed by atoms with Gasteiger partial charge in [0.25, 0.3) is 0 Å². The second kappa shape index (κ2) is 37.0. The smallest absolute Gasteiger partial charge is 0.493 e. The van der Waals surface area contributed by atoms with Crippen molar-refractivity contribution in [2.45, 2.75) is 194 Å². The predicted molar refractivity (Wildman–Crippen MR) is 315 cm³/mol. The molecule has 0 aliphatic heterocycles. The molecule has 6 unspecified atom stereocenters. The number of hydrogen-bond acceptors (Lipinski definition) is 14. The average Bonchev–Trinajstić information content (AvgIpc) is 3.41. The standard InChI is InChI=1S/C17H27NO3.2C16H24O4.C15H24O3/c1-6-13(5)16(19)18-14-8-10-15(11-9-14)21-17(12(3)4)20-7-2;1-7-11(2)12-8-9-13(14(10-12)18-6)19-15(17)20-16(3,4)5;1-6-16(4,5)15(17)20-14-10-8-13(9-11-14)19-12(3)18-7-2;1-6-11(3)13-8-9-14(15(10-13)16-5)18-12(4)17-7-2/h8-13,17H,6-7H2,1-5H3,(H,18,19);8-11H,7H2,1-6H3;8-12H,6-7H2,1-5H3;8-12H,6-7H2,1-5H3. The van der Waals surface area contributed by atoms with E-state index in [2.05, 4.69) is 52.9 Å². The van der Waals surface area contributed by atoms with E-state index >= 15 is 0 Å². The first-order valence-corrected chi connectivity index (χ1v) is 28.1. The second-order valence-corrected chi connectivity index (χ2v) is 20.9. The van der Waals surface area contributed by atoms with Crippen LogP contribution in [0.2, 0.25) is 0 Å². The van der Waals surface area contributed by atoms with E-state index in [1.165, 1.54) is 5.56 Å². The Bertz CT molecular complexity index is 2330. The Labute approximate surface area is 475 Å². The summed E-state index contributed by atoms with van der Waals surface area (Å²) in [6, 6.07) is 26.0. The summed E-state index contributed by atoms with van der Waals surface area (Å²) in [5.41, 5.74) is 2.15. The summed E-state index contributed by atoms with van der Waals surface area (Å²) in [5, 5.41) is 2.90. The van der Waals surface area contributed by atoms with E-state index < -0.39 is 17.2 Å². The summed E-state index contributed by atoms with van der Waals surface area (Å²) >= 11 is 0. The fourth-order valence-corrected chi connectivity index (χ4v) is 6.61. The summed E-state index contributed by atoms with van der Waals surface area (Å²) in [5.74, 6) is 5.40. The number of hydrogen-bond donors (Lipinski definition) is 1. The molecule has 79 heavy (non-hydrogen) atoms. The molecule has 4 aromatic carbocycles.